The van der Waals surface area contributed by atoms with Crippen LogP contribution in [0.4, 0.5) is 0 Å². The molecule has 0 radical (unpaired) electrons. The molecule has 1 N–H and O–H groups in total. The fourth-order valence-corrected chi connectivity index (χ4v) is 2.97. The number of aryl methyl sites for hydroxylation is 1. The highest BCUT2D eigenvalue weighted by Crippen LogP contribution is 2.36. The van der Waals surface area contributed by atoms with Gasteiger partial charge in [0.15, 0.2) is 5.72 Å². The van der Waals surface area contributed by atoms with Crippen molar-refractivity contribution in [2.75, 3.05) is 0 Å². The molecular formula is C20H22N2O2. The Hall–Kier alpha value is -2.46. The minimum Gasteiger partial charge on any atom is -0.365 e. The lowest BCUT2D eigenvalue weighted by Gasteiger charge is -2.31. The molecule has 1 atom stereocenters. The van der Waals surface area contributed by atoms with Crippen LogP contribution in [-0.4, -0.2) is 21.7 Å². The molecule has 1 aliphatic heterocycles. The first-order chi connectivity index (χ1) is 11.5. The summed E-state index contributed by atoms with van der Waals surface area (Å²) in [6.45, 7) is 3.98. The van der Waals surface area contributed by atoms with Gasteiger partial charge in [0.1, 0.15) is 0 Å². The molecule has 4 nitrogen and oxygen atoms in total. The summed E-state index contributed by atoms with van der Waals surface area (Å²) >= 11 is 0. The second-order valence-electron chi connectivity index (χ2n) is 6.25. The topological polar surface area (TPSA) is 52.9 Å². The number of hydrazone groups is 1. The van der Waals surface area contributed by atoms with Crippen molar-refractivity contribution in [3.05, 3.63) is 71.3 Å². The molecule has 3 rings (SSSR count). The number of carbonyl (C=O) groups excluding carboxylic acids is 1. The van der Waals surface area contributed by atoms with E-state index in [-0.39, 0.29) is 12.3 Å². The van der Waals surface area contributed by atoms with E-state index in [2.05, 4.69) is 5.10 Å². The van der Waals surface area contributed by atoms with E-state index in [9.17, 15) is 9.90 Å². The Morgan fingerprint density at radius 1 is 1.17 bits per heavy atom. The van der Waals surface area contributed by atoms with Gasteiger partial charge in [0.05, 0.1) is 6.42 Å². The molecule has 1 amide bonds. The summed E-state index contributed by atoms with van der Waals surface area (Å²) in [4.78, 5) is 12.8. The third-order valence-electron chi connectivity index (χ3n) is 4.40. The van der Waals surface area contributed by atoms with Crippen LogP contribution < -0.4 is 0 Å². The SMILES string of the molecule is CCC1=NN(C(=O)Cc2ccccc2)C(O)(c2ccc(C)cc2)C1. The van der Waals surface area contributed by atoms with Gasteiger partial charge < -0.3 is 5.11 Å². The van der Waals surface area contributed by atoms with Crippen molar-refractivity contribution in [2.45, 2.75) is 38.8 Å². The van der Waals surface area contributed by atoms with E-state index >= 15 is 0 Å². The van der Waals surface area contributed by atoms with Gasteiger partial charge in [-0.3, -0.25) is 4.79 Å². The van der Waals surface area contributed by atoms with E-state index in [1.807, 2.05) is 68.4 Å². The minimum atomic E-state index is -1.40. The van der Waals surface area contributed by atoms with Gasteiger partial charge in [-0.2, -0.15) is 10.1 Å². The maximum absolute atomic E-state index is 12.8. The molecule has 0 saturated carbocycles. The average molecular weight is 322 g/mol. The molecular weight excluding hydrogens is 300 g/mol. The fraction of sp³-hybridized carbons (Fsp3) is 0.300. The van der Waals surface area contributed by atoms with Crippen molar-refractivity contribution in [3.63, 3.8) is 0 Å². The molecule has 0 saturated heterocycles. The third kappa shape index (κ3) is 3.10. The Morgan fingerprint density at radius 2 is 1.83 bits per heavy atom. The Kier molecular flexibility index (Phi) is 4.49. The smallest absolute Gasteiger partial charge is 0.250 e. The zero-order chi connectivity index (χ0) is 17.2. The molecule has 0 aromatic heterocycles. The number of rotatable bonds is 4. The first kappa shape index (κ1) is 16.4. The number of aliphatic hydroxyl groups is 1. The molecule has 0 fully saturated rings. The van der Waals surface area contributed by atoms with Crippen LogP contribution in [0.15, 0.2) is 59.7 Å². The standard InChI is InChI=1S/C20H22N2O2/c1-3-18-14-20(24,17-11-9-15(2)10-12-17)22(21-18)19(23)13-16-7-5-4-6-8-16/h4-12,24H,3,13-14H2,1-2H3. The van der Waals surface area contributed by atoms with Gasteiger partial charge in [-0.05, 0) is 18.9 Å². The second-order valence-corrected chi connectivity index (χ2v) is 6.25. The molecule has 1 unspecified atom stereocenters. The summed E-state index contributed by atoms with van der Waals surface area (Å²) in [6, 6.07) is 17.2. The van der Waals surface area contributed by atoms with E-state index in [0.717, 1.165) is 16.8 Å². The summed E-state index contributed by atoms with van der Waals surface area (Å²) in [5.74, 6) is -0.201. The summed E-state index contributed by atoms with van der Waals surface area (Å²) < 4.78 is 0. The highest BCUT2D eigenvalue weighted by molar-refractivity contribution is 5.91. The van der Waals surface area contributed by atoms with Gasteiger partial charge in [0.2, 0.25) is 5.91 Å². The number of hydrogen-bond donors (Lipinski definition) is 1. The van der Waals surface area contributed by atoms with Crippen LogP contribution in [0.3, 0.4) is 0 Å². The summed E-state index contributed by atoms with van der Waals surface area (Å²) in [7, 11) is 0. The van der Waals surface area contributed by atoms with Crippen LogP contribution >= 0.6 is 0 Å². The highest BCUT2D eigenvalue weighted by atomic mass is 16.3. The Balaban J connectivity index is 1.91. The summed E-state index contributed by atoms with van der Waals surface area (Å²) in [5.41, 5.74) is 2.15. The van der Waals surface area contributed by atoms with Gasteiger partial charge in [-0.15, -0.1) is 0 Å². The largest absolute Gasteiger partial charge is 0.365 e. The molecule has 4 heteroatoms. The van der Waals surface area contributed by atoms with E-state index in [1.165, 1.54) is 5.01 Å². The maximum Gasteiger partial charge on any atom is 0.250 e. The van der Waals surface area contributed by atoms with Gasteiger partial charge in [-0.25, -0.2) is 0 Å². The Bertz CT molecular complexity index is 753. The van der Waals surface area contributed by atoms with Gasteiger partial charge in [-0.1, -0.05) is 67.1 Å². The lowest BCUT2D eigenvalue weighted by atomic mass is 9.95. The monoisotopic (exact) mass is 322 g/mol. The summed E-state index contributed by atoms with van der Waals surface area (Å²) in [6.07, 6.45) is 1.28. The number of hydrogen-bond acceptors (Lipinski definition) is 3. The van der Waals surface area contributed by atoms with Gasteiger partial charge in [0.25, 0.3) is 0 Å². The van der Waals surface area contributed by atoms with Crippen molar-refractivity contribution in [2.24, 2.45) is 5.10 Å². The quantitative estimate of drug-likeness (QED) is 0.938. The lowest BCUT2D eigenvalue weighted by molar-refractivity contribution is -0.157. The summed E-state index contributed by atoms with van der Waals surface area (Å²) in [5, 5.41) is 16.9. The predicted octanol–water partition coefficient (Wildman–Crippen LogP) is 3.38. The van der Waals surface area contributed by atoms with Crippen LogP contribution in [0, 0.1) is 6.92 Å². The molecule has 24 heavy (non-hydrogen) atoms. The van der Waals surface area contributed by atoms with E-state index in [1.54, 1.807) is 0 Å². The van der Waals surface area contributed by atoms with Crippen molar-refractivity contribution in [1.82, 2.24) is 5.01 Å². The molecule has 2 aromatic rings. The number of carbonyl (C=O) groups is 1. The fourth-order valence-electron chi connectivity index (χ4n) is 2.97. The zero-order valence-corrected chi connectivity index (χ0v) is 14.1. The van der Waals surface area contributed by atoms with Crippen molar-refractivity contribution in [3.8, 4) is 0 Å². The maximum atomic E-state index is 12.8. The normalized spacial score (nSPS) is 20.1. The molecule has 0 bridgehead atoms. The third-order valence-corrected chi connectivity index (χ3v) is 4.40. The minimum absolute atomic E-state index is 0.201. The highest BCUT2D eigenvalue weighted by Gasteiger charge is 2.45. The van der Waals surface area contributed by atoms with Crippen LogP contribution in [0.5, 0.6) is 0 Å². The molecule has 1 aliphatic rings. The molecule has 2 aromatic carbocycles. The molecule has 0 spiro atoms. The van der Waals surface area contributed by atoms with Crippen LogP contribution in [0.25, 0.3) is 0 Å². The number of benzene rings is 2. The number of nitrogens with zero attached hydrogens (tertiary/aromatic N) is 2. The van der Waals surface area contributed by atoms with E-state index in [4.69, 9.17) is 0 Å². The van der Waals surface area contributed by atoms with E-state index in [0.29, 0.717) is 18.4 Å². The van der Waals surface area contributed by atoms with Crippen molar-refractivity contribution >= 4 is 11.6 Å². The van der Waals surface area contributed by atoms with Crippen LogP contribution in [0.2, 0.25) is 0 Å². The Labute approximate surface area is 142 Å². The zero-order valence-electron chi connectivity index (χ0n) is 14.1. The van der Waals surface area contributed by atoms with E-state index < -0.39 is 5.72 Å². The lowest BCUT2D eigenvalue weighted by Crippen LogP contribution is -2.44. The molecule has 1 heterocycles. The van der Waals surface area contributed by atoms with Gasteiger partial charge in [0, 0.05) is 17.7 Å². The van der Waals surface area contributed by atoms with Gasteiger partial charge >= 0.3 is 0 Å². The first-order valence-electron chi connectivity index (χ1n) is 8.26. The second kappa shape index (κ2) is 6.57. The molecule has 0 aliphatic carbocycles. The Morgan fingerprint density at radius 3 is 2.46 bits per heavy atom. The number of amides is 1. The first-order valence-corrected chi connectivity index (χ1v) is 8.26. The van der Waals surface area contributed by atoms with Crippen LogP contribution in [-0.2, 0) is 16.9 Å². The average Bonchev–Trinajstić information content (AvgIpc) is 2.94. The molecule has 124 valence electrons. The predicted molar refractivity (Wildman–Crippen MR) is 94.4 cm³/mol. The van der Waals surface area contributed by atoms with Crippen molar-refractivity contribution in [1.29, 1.82) is 0 Å². The van der Waals surface area contributed by atoms with Crippen LogP contribution in [0.1, 0.15) is 36.5 Å². The van der Waals surface area contributed by atoms with Crippen molar-refractivity contribution < 1.29 is 9.90 Å².